The molecule has 0 atom stereocenters. The van der Waals surface area contributed by atoms with Gasteiger partial charge in [-0.1, -0.05) is 48.5 Å². The Morgan fingerprint density at radius 3 is 2.37 bits per heavy atom. The van der Waals surface area contributed by atoms with E-state index in [9.17, 15) is 4.79 Å². The Hall–Kier alpha value is -2.69. The summed E-state index contributed by atoms with van der Waals surface area (Å²) in [6.07, 6.45) is 4.63. The Bertz CT molecular complexity index is 1200. The van der Waals surface area contributed by atoms with Crippen LogP contribution in [0.3, 0.4) is 0 Å². The second kappa shape index (κ2) is 8.58. The summed E-state index contributed by atoms with van der Waals surface area (Å²) in [6.45, 7) is 1.95. The maximum Gasteiger partial charge on any atom is 0.258 e. The molecule has 5 rings (SSSR count). The first kappa shape index (κ1) is 20.6. The van der Waals surface area contributed by atoms with Gasteiger partial charge in [-0.15, -0.1) is 11.3 Å². The molecule has 0 radical (unpaired) electrons. The van der Waals surface area contributed by atoms with Gasteiger partial charge in [0.2, 0.25) is 0 Å². The van der Waals surface area contributed by atoms with Gasteiger partial charge in [0.15, 0.2) is 0 Å². The number of aromatic nitrogens is 1. The minimum Gasteiger partial charge on any atom is -1.00 e. The number of halogens is 1. The van der Waals surface area contributed by atoms with Crippen molar-refractivity contribution < 1.29 is 17.2 Å². The number of benzene rings is 2. The predicted molar refractivity (Wildman–Crippen MR) is 121 cm³/mol. The number of nitrogens with zero attached hydrogens (tertiary/aromatic N) is 1. The van der Waals surface area contributed by atoms with E-state index in [-0.39, 0.29) is 18.3 Å². The summed E-state index contributed by atoms with van der Waals surface area (Å²) in [4.78, 5) is 20.8. The summed E-state index contributed by atoms with van der Waals surface area (Å²) in [5.74, 6) is -0.0993. The molecule has 0 bridgehead atoms. The van der Waals surface area contributed by atoms with Crippen LogP contribution in [0.15, 0.2) is 60.7 Å². The molecule has 2 aromatic heterocycles. The second-order valence-corrected chi connectivity index (χ2v) is 8.61. The van der Waals surface area contributed by atoms with Crippen molar-refractivity contribution in [3.63, 3.8) is 0 Å². The average Bonchev–Trinajstić information content (AvgIpc) is 3.12. The van der Waals surface area contributed by atoms with Crippen molar-refractivity contribution in [2.75, 3.05) is 5.32 Å². The van der Waals surface area contributed by atoms with Crippen molar-refractivity contribution in [1.29, 1.82) is 0 Å². The maximum absolute atomic E-state index is 13.4. The third kappa shape index (κ3) is 3.62. The van der Waals surface area contributed by atoms with Gasteiger partial charge >= 0.3 is 0 Å². The molecule has 2 aromatic carbocycles. The number of para-hydroxylation sites is 1. The quantitative estimate of drug-likeness (QED) is 0.538. The number of pyridine rings is 1. The van der Waals surface area contributed by atoms with E-state index >= 15 is 0 Å². The smallest absolute Gasteiger partial charge is 0.258 e. The van der Waals surface area contributed by atoms with Gasteiger partial charge < -0.3 is 17.7 Å². The van der Waals surface area contributed by atoms with E-state index in [0.29, 0.717) is 5.56 Å². The number of rotatable bonds is 3. The van der Waals surface area contributed by atoms with E-state index < -0.39 is 0 Å². The Morgan fingerprint density at radius 2 is 1.63 bits per heavy atom. The first-order valence-corrected chi connectivity index (χ1v) is 10.9. The molecule has 0 fully saturated rings. The molecular weight excluding hydrogens is 412 g/mol. The molecule has 1 N–H and O–H groups in total. The van der Waals surface area contributed by atoms with Crippen molar-refractivity contribution in [2.45, 2.75) is 32.6 Å². The lowest BCUT2D eigenvalue weighted by atomic mass is 9.89. The fourth-order valence-electron chi connectivity index (χ4n) is 4.29. The van der Waals surface area contributed by atoms with E-state index in [4.69, 9.17) is 4.98 Å². The van der Waals surface area contributed by atoms with Crippen LogP contribution >= 0.6 is 11.3 Å². The zero-order valence-electron chi connectivity index (χ0n) is 16.7. The number of nitrogens with one attached hydrogen (secondary N) is 1. The van der Waals surface area contributed by atoms with E-state index in [1.54, 1.807) is 11.3 Å². The average molecular weight is 434 g/mol. The number of thiophene rings is 1. The molecule has 0 spiro atoms. The summed E-state index contributed by atoms with van der Waals surface area (Å²) in [6, 6.07) is 19.9. The van der Waals surface area contributed by atoms with E-state index in [1.807, 2.05) is 55.5 Å². The molecule has 1 aliphatic rings. The van der Waals surface area contributed by atoms with Gasteiger partial charge in [-0.05, 0) is 55.9 Å². The van der Waals surface area contributed by atoms with Gasteiger partial charge in [-0.3, -0.25) is 4.79 Å². The van der Waals surface area contributed by atoms with Gasteiger partial charge in [0, 0.05) is 21.5 Å². The van der Waals surface area contributed by atoms with Crippen LogP contribution in [0.4, 0.5) is 5.69 Å². The van der Waals surface area contributed by atoms with Crippen molar-refractivity contribution in [3.05, 3.63) is 82.4 Å². The lowest BCUT2D eigenvalue weighted by Gasteiger charge is -2.17. The van der Waals surface area contributed by atoms with Crippen molar-refractivity contribution >= 4 is 33.1 Å². The van der Waals surface area contributed by atoms with Crippen LogP contribution in [0.2, 0.25) is 0 Å². The number of anilines is 1. The molecule has 3 nitrogen and oxygen atoms in total. The summed E-state index contributed by atoms with van der Waals surface area (Å²) in [5, 5.41) is 4.25. The van der Waals surface area contributed by atoms with Gasteiger partial charge in [0.25, 0.3) is 5.91 Å². The molecule has 0 saturated carbocycles. The molecule has 0 unspecified atom stereocenters. The molecule has 0 aliphatic heterocycles. The molecule has 0 saturated heterocycles. The number of hydrogen-bond acceptors (Lipinski definition) is 3. The van der Waals surface area contributed by atoms with Crippen LogP contribution in [0, 0.1) is 6.92 Å². The van der Waals surface area contributed by atoms with Crippen LogP contribution in [-0.4, -0.2) is 10.9 Å². The molecular formula is C25H22ClN2OS-. The lowest BCUT2D eigenvalue weighted by molar-refractivity contribution is -0.0000135. The number of amides is 1. The van der Waals surface area contributed by atoms with E-state index in [1.165, 1.54) is 28.7 Å². The highest BCUT2D eigenvalue weighted by Crippen LogP contribution is 2.43. The summed E-state index contributed by atoms with van der Waals surface area (Å²) >= 11 is 1.80. The van der Waals surface area contributed by atoms with Crippen LogP contribution in [0.1, 0.15) is 39.3 Å². The van der Waals surface area contributed by atoms with Crippen LogP contribution < -0.4 is 17.7 Å². The molecule has 1 amide bonds. The highest BCUT2D eigenvalue weighted by molar-refractivity contribution is 7.19. The number of fused-ring (bicyclic) bond motifs is 3. The molecule has 152 valence electrons. The Kier molecular flexibility index (Phi) is 5.89. The fourth-order valence-corrected chi connectivity index (χ4v) is 5.61. The third-order valence-corrected chi connectivity index (χ3v) is 6.79. The van der Waals surface area contributed by atoms with Crippen LogP contribution in [0.5, 0.6) is 0 Å². The van der Waals surface area contributed by atoms with Gasteiger partial charge in [0.1, 0.15) is 4.83 Å². The number of carbonyl (C=O) groups excluding carboxylic acids is 1. The Morgan fingerprint density at radius 1 is 0.967 bits per heavy atom. The summed E-state index contributed by atoms with van der Waals surface area (Å²) in [7, 11) is 0. The SMILES string of the molecule is Cc1nc2sc3c(c2c(-c2ccccc2)c1C(=O)Nc1ccccc1)CCCC3.[Cl-]. The van der Waals surface area contributed by atoms with Crippen molar-refractivity contribution in [2.24, 2.45) is 0 Å². The molecule has 5 heteroatoms. The molecule has 1 aliphatic carbocycles. The molecule has 2 heterocycles. The van der Waals surface area contributed by atoms with E-state index in [2.05, 4.69) is 17.4 Å². The van der Waals surface area contributed by atoms with Gasteiger partial charge in [-0.25, -0.2) is 4.98 Å². The lowest BCUT2D eigenvalue weighted by Crippen LogP contribution is -3.00. The largest absolute Gasteiger partial charge is 1.00 e. The normalized spacial score (nSPS) is 12.8. The topological polar surface area (TPSA) is 42.0 Å². The maximum atomic E-state index is 13.4. The molecule has 4 aromatic rings. The highest BCUT2D eigenvalue weighted by Gasteiger charge is 2.26. The number of aryl methyl sites for hydroxylation is 3. The Labute approximate surface area is 186 Å². The standard InChI is InChI=1S/C25H22N2OS.ClH/c1-16-21(24(28)27-18-12-6-3-7-13-18)22(17-10-4-2-5-11-17)23-19-14-8-9-15-20(19)29-25(23)26-16;/h2-7,10-13H,8-9,14-15H2,1H3,(H,27,28);1H/p-1. The van der Waals surface area contributed by atoms with Crippen molar-refractivity contribution in [1.82, 2.24) is 4.98 Å². The van der Waals surface area contributed by atoms with Crippen molar-refractivity contribution in [3.8, 4) is 11.1 Å². The Balaban J connectivity index is 0.00000218. The van der Waals surface area contributed by atoms with Gasteiger partial charge in [0.05, 0.1) is 11.3 Å². The van der Waals surface area contributed by atoms with Crippen LogP contribution in [-0.2, 0) is 12.8 Å². The predicted octanol–water partition coefficient (Wildman–Crippen LogP) is 3.41. The number of hydrogen-bond donors (Lipinski definition) is 1. The molecule has 30 heavy (non-hydrogen) atoms. The monoisotopic (exact) mass is 433 g/mol. The van der Waals surface area contributed by atoms with Gasteiger partial charge in [-0.2, -0.15) is 0 Å². The second-order valence-electron chi connectivity index (χ2n) is 7.52. The first-order chi connectivity index (χ1) is 14.2. The first-order valence-electron chi connectivity index (χ1n) is 10.1. The third-order valence-electron chi connectivity index (χ3n) is 5.60. The van der Waals surface area contributed by atoms with E-state index in [0.717, 1.165) is 40.2 Å². The summed E-state index contributed by atoms with van der Waals surface area (Å²) < 4.78 is 0. The minimum absolute atomic E-state index is 0. The zero-order valence-corrected chi connectivity index (χ0v) is 18.3. The number of carbonyl (C=O) groups is 1. The minimum atomic E-state index is -0.0993. The summed E-state index contributed by atoms with van der Waals surface area (Å²) in [5.41, 5.74) is 5.76. The van der Waals surface area contributed by atoms with Crippen LogP contribution in [0.25, 0.3) is 21.3 Å². The highest BCUT2D eigenvalue weighted by atomic mass is 35.5. The fraction of sp³-hybridized carbons (Fsp3) is 0.200. The zero-order chi connectivity index (χ0) is 19.8.